The number of rotatable bonds is 2. The maximum atomic E-state index is 7.00. The van der Waals surface area contributed by atoms with E-state index in [0.29, 0.717) is 0 Å². The molecule has 0 spiro atoms. The minimum atomic E-state index is 0.836. The van der Waals surface area contributed by atoms with Crippen molar-refractivity contribution >= 4 is 15.9 Å². The molecule has 0 aromatic heterocycles. The Morgan fingerprint density at radius 1 is 1.44 bits per heavy atom. The van der Waals surface area contributed by atoms with E-state index in [1.807, 2.05) is 6.92 Å². The molecular formula is C7H13BrO. The first-order chi connectivity index (χ1) is 4.18. The summed E-state index contributed by atoms with van der Waals surface area (Å²) < 4.78 is 0. The van der Waals surface area contributed by atoms with E-state index in [2.05, 4.69) is 29.1 Å². The first-order valence-electron chi connectivity index (χ1n) is 2.53. The maximum absolute atomic E-state index is 7.00. The highest BCUT2D eigenvalue weighted by molar-refractivity contribution is 9.09. The van der Waals surface area contributed by atoms with Crippen LogP contribution in [0, 0.1) is 0 Å². The summed E-state index contributed by atoms with van der Waals surface area (Å²) in [4.78, 5) is 0. The van der Waals surface area contributed by atoms with Crippen molar-refractivity contribution in [3.63, 3.8) is 0 Å². The molecule has 1 N–H and O–H groups in total. The quantitative estimate of drug-likeness (QED) is 0.526. The third-order valence-corrected chi connectivity index (χ3v) is 1.44. The molecule has 0 aliphatic carbocycles. The fourth-order valence-electron chi connectivity index (χ4n) is 0.114. The van der Waals surface area contributed by atoms with Gasteiger partial charge in [-0.15, -0.1) is 0 Å². The molecule has 54 valence electrons. The van der Waals surface area contributed by atoms with Crippen LogP contribution in [0.1, 0.15) is 6.92 Å². The molecule has 0 amide bonds. The van der Waals surface area contributed by atoms with Crippen LogP contribution in [0.3, 0.4) is 0 Å². The Balaban J connectivity index is 0. The molecule has 0 radical (unpaired) electrons. The average molecular weight is 193 g/mol. The zero-order chi connectivity index (χ0) is 7.86. The summed E-state index contributed by atoms with van der Waals surface area (Å²) in [6, 6.07) is 0. The van der Waals surface area contributed by atoms with Crippen LogP contribution in [0.15, 0.2) is 24.3 Å². The standard InChI is InChI=1S/C6H9Br.CH4O/c1-5(2)6(3)4-7;1-2/h1,3-4H2,2H3;2H,1H3. The van der Waals surface area contributed by atoms with Gasteiger partial charge in [0.05, 0.1) is 0 Å². The predicted molar refractivity (Wildman–Crippen MR) is 45.9 cm³/mol. The second-order valence-corrected chi connectivity index (χ2v) is 2.08. The molecule has 0 saturated heterocycles. The van der Waals surface area contributed by atoms with Crippen LogP contribution in [0.25, 0.3) is 0 Å². The van der Waals surface area contributed by atoms with E-state index in [0.717, 1.165) is 23.6 Å². The normalized spacial score (nSPS) is 7.11. The van der Waals surface area contributed by atoms with Crippen molar-refractivity contribution in [2.75, 3.05) is 12.4 Å². The number of allylic oxidation sites excluding steroid dienone is 2. The maximum Gasteiger partial charge on any atom is 0.0319 e. The van der Waals surface area contributed by atoms with Gasteiger partial charge in [-0.2, -0.15) is 0 Å². The van der Waals surface area contributed by atoms with Crippen LogP contribution >= 0.6 is 15.9 Å². The van der Waals surface area contributed by atoms with E-state index in [9.17, 15) is 0 Å². The van der Waals surface area contributed by atoms with E-state index in [-0.39, 0.29) is 0 Å². The number of halogens is 1. The minimum absolute atomic E-state index is 0.836. The van der Waals surface area contributed by atoms with Crippen molar-refractivity contribution in [1.29, 1.82) is 0 Å². The van der Waals surface area contributed by atoms with E-state index < -0.39 is 0 Å². The van der Waals surface area contributed by atoms with Crippen LogP contribution in [0.4, 0.5) is 0 Å². The summed E-state index contributed by atoms with van der Waals surface area (Å²) in [5, 5.41) is 7.84. The Labute approximate surface area is 65.2 Å². The molecule has 0 heterocycles. The van der Waals surface area contributed by atoms with E-state index in [1.54, 1.807) is 0 Å². The molecule has 0 aromatic rings. The number of hydrogen-bond donors (Lipinski definition) is 1. The number of aliphatic hydroxyl groups is 1. The molecular weight excluding hydrogens is 180 g/mol. The molecule has 0 bridgehead atoms. The van der Waals surface area contributed by atoms with Crippen LogP contribution in [0.5, 0.6) is 0 Å². The van der Waals surface area contributed by atoms with Crippen molar-refractivity contribution in [3.05, 3.63) is 24.3 Å². The lowest BCUT2D eigenvalue weighted by Gasteiger charge is -1.94. The summed E-state index contributed by atoms with van der Waals surface area (Å²) in [6.45, 7) is 9.37. The van der Waals surface area contributed by atoms with Crippen molar-refractivity contribution in [1.82, 2.24) is 0 Å². The summed E-state index contributed by atoms with van der Waals surface area (Å²) >= 11 is 3.25. The van der Waals surface area contributed by atoms with Crippen molar-refractivity contribution in [2.45, 2.75) is 6.92 Å². The molecule has 0 atom stereocenters. The number of aliphatic hydroxyl groups excluding tert-OH is 1. The lowest BCUT2D eigenvalue weighted by atomic mass is 10.2. The Morgan fingerprint density at radius 2 is 1.78 bits per heavy atom. The SMILES string of the molecule is C=C(C)C(=C)CBr.CO. The van der Waals surface area contributed by atoms with Crippen LogP contribution in [0.2, 0.25) is 0 Å². The zero-order valence-corrected chi connectivity index (χ0v) is 7.53. The highest BCUT2D eigenvalue weighted by Crippen LogP contribution is 2.05. The second kappa shape index (κ2) is 7.92. The molecule has 0 fully saturated rings. The lowest BCUT2D eigenvalue weighted by Crippen LogP contribution is -1.79. The minimum Gasteiger partial charge on any atom is -0.400 e. The smallest absolute Gasteiger partial charge is 0.0319 e. The zero-order valence-electron chi connectivity index (χ0n) is 5.95. The van der Waals surface area contributed by atoms with Gasteiger partial charge in [-0.3, -0.25) is 0 Å². The summed E-state index contributed by atoms with van der Waals surface area (Å²) in [7, 11) is 1.00. The molecule has 9 heavy (non-hydrogen) atoms. The van der Waals surface area contributed by atoms with Crippen molar-refractivity contribution in [3.8, 4) is 0 Å². The molecule has 0 aromatic carbocycles. The van der Waals surface area contributed by atoms with Gasteiger partial charge >= 0.3 is 0 Å². The van der Waals surface area contributed by atoms with E-state index >= 15 is 0 Å². The van der Waals surface area contributed by atoms with Gasteiger partial charge in [0.15, 0.2) is 0 Å². The monoisotopic (exact) mass is 192 g/mol. The Morgan fingerprint density at radius 3 is 1.78 bits per heavy atom. The molecule has 0 saturated carbocycles. The van der Waals surface area contributed by atoms with Crippen LogP contribution in [-0.4, -0.2) is 17.5 Å². The Bertz CT molecular complexity index is 97.1. The third-order valence-electron chi connectivity index (χ3n) is 0.765. The van der Waals surface area contributed by atoms with E-state index in [4.69, 9.17) is 5.11 Å². The van der Waals surface area contributed by atoms with E-state index in [1.165, 1.54) is 0 Å². The molecule has 0 aliphatic heterocycles. The predicted octanol–water partition coefficient (Wildman–Crippen LogP) is 2.12. The summed E-state index contributed by atoms with van der Waals surface area (Å²) in [5.41, 5.74) is 2.12. The van der Waals surface area contributed by atoms with Crippen LogP contribution in [-0.2, 0) is 0 Å². The van der Waals surface area contributed by atoms with Crippen LogP contribution < -0.4 is 0 Å². The Kier molecular flexibility index (Phi) is 10.3. The molecule has 0 unspecified atom stereocenters. The fourth-order valence-corrected chi connectivity index (χ4v) is 0.593. The lowest BCUT2D eigenvalue weighted by molar-refractivity contribution is 0.399. The fraction of sp³-hybridized carbons (Fsp3) is 0.429. The van der Waals surface area contributed by atoms with Gasteiger partial charge in [0.2, 0.25) is 0 Å². The van der Waals surface area contributed by atoms with Gasteiger partial charge in [-0.05, 0) is 12.5 Å². The summed E-state index contributed by atoms with van der Waals surface area (Å²) in [5.74, 6) is 0. The first kappa shape index (κ1) is 11.7. The van der Waals surface area contributed by atoms with Gasteiger partial charge in [-0.1, -0.05) is 34.7 Å². The highest BCUT2D eigenvalue weighted by atomic mass is 79.9. The molecule has 0 rings (SSSR count). The number of alkyl halides is 1. The van der Waals surface area contributed by atoms with Crippen molar-refractivity contribution < 1.29 is 5.11 Å². The van der Waals surface area contributed by atoms with Gasteiger partial charge < -0.3 is 5.11 Å². The van der Waals surface area contributed by atoms with Gasteiger partial charge in [0, 0.05) is 12.4 Å². The number of hydrogen-bond acceptors (Lipinski definition) is 1. The molecule has 2 heteroatoms. The van der Waals surface area contributed by atoms with Gasteiger partial charge in [0.1, 0.15) is 0 Å². The van der Waals surface area contributed by atoms with Gasteiger partial charge in [0.25, 0.3) is 0 Å². The highest BCUT2D eigenvalue weighted by Gasteiger charge is 1.86. The van der Waals surface area contributed by atoms with Crippen molar-refractivity contribution in [2.24, 2.45) is 0 Å². The second-order valence-electron chi connectivity index (χ2n) is 1.52. The largest absolute Gasteiger partial charge is 0.400 e. The summed E-state index contributed by atoms with van der Waals surface area (Å²) in [6.07, 6.45) is 0. The topological polar surface area (TPSA) is 20.2 Å². The van der Waals surface area contributed by atoms with Gasteiger partial charge in [-0.25, -0.2) is 0 Å². The third kappa shape index (κ3) is 7.92. The molecule has 0 aliphatic rings. The average Bonchev–Trinajstić information content (AvgIpc) is 1.91. The first-order valence-corrected chi connectivity index (χ1v) is 3.65. The molecule has 1 nitrogen and oxygen atoms in total. The Hall–Kier alpha value is -0.0800.